The highest BCUT2D eigenvalue weighted by molar-refractivity contribution is 5.89. The molecule has 0 bridgehead atoms. The maximum atomic E-state index is 13.8. The monoisotopic (exact) mass is 472 g/mol. The van der Waals surface area contributed by atoms with Gasteiger partial charge in [-0.1, -0.05) is 53.2 Å². The number of ether oxygens (including phenoxy) is 1. The van der Waals surface area contributed by atoms with Crippen molar-refractivity contribution in [2.45, 2.75) is 26.1 Å². The number of hydrogen-bond donors (Lipinski definition) is 1. The number of carbonyl (C=O) groups excluding carboxylic acids is 2. The average Bonchev–Trinajstić information content (AvgIpc) is 3.28. The second kappa shape index (κ2) is 11.3. The third kappa shape index (κ3) is 5.88. The van der Waals surface area contributed by atoms with Crippen LogP contribution in [0.25, 0.3) is 11.0 Å². The molecule has 9 heteroatoms. The van der Waals surface area contributed by atoms with Crippen molar-refractivity contribution in [2.75, 3.05) is 20.3 Å². The fourth-order valence-electron chi connectivity index (χ4n) is 3.85. The van der Waals surface area contributed by atoms with Crippen LogP contribution in [0.5, 0.6) is 0 Å². The summed E-state index contributed by atoms with van der Waals surface area (Å²) >= 11 is 0. The van der Waals surface area contributed by atoms with Crippen molar-refractivity contribution >= 4 is 22.8 Å². The van der Waals surface area contributed by atoms with Crippen LogP contribution >= 0.6 is 0 Å². The second-order valence-corrected chi connectivity index (χ2v) is 8.22. The molecule has 9 nitrogen and oxygen atoms in total. The third-order valence-electron chi connectivity index (χ3n) is 5.66. The summed E-state index contributed by atoms with van der Waals surface area (Å²) in [7, 11) is 1.57. The van der Waals surface area contributed by atoms with Crippen LogP contribution < -0.4 is 5.32 Å². The highest BCUT2D eigenvalue weighted by Crippen LogP contribution is 2.24. The number of nitrogens with zero attached hydrogens (tertiary/aromatic N) is 5. The first-order valence-corrected chi connectivity index (χ1v) is 11.4. The van der Waals surface area contributed by atoms with Gasteiger partial charge in [0.25, 0.3) is 0 Å². The van der Waals surface area contributed by atoms with Gasteiger partial charge in [-0.3, -0.25) is 14.6 Å². The van der Waals surface area contributed by atoms with Gasteiger partial charge in [0.15, 0.2) is 0 Å². The quantitative estimate of drug-likeness (QED) is 0.356. The van der Waals surface area contributed by atoms with E-state index in [0.717, 1.165) is 16.6 Å². The summed E-state index contributed by atoms with van der Waals surface area (Å²) in [6.45, 7) is 2.87. The van der Waals surface area contributed by atoms with Gasteiger partial charge in [0.05, 0.1) is 12.1 Å². The summed E-state index contributed by atoms with van der Waals surface area (Å²) in [6.07, 6.45) is 3.25. The number of aromatic nitrogens is 4. The van der Waals surface area contributed by atoms with Crippen molar-refractivity contribution in [3.05, 3.63) is 89.7 Å². The van der Waals surface area contributed by atoms with E-state index in [-0.39, 0.29) is 24.9 Å². The van der Waals surface area contributed by atoms with Crippen LogP contribution in [0.4, 0.5) is 0 Å². The number of pyridine rings is 1. The largest absolute Gasteiger partial charge is 0.383 e. The first-order valence-electron chi connectivity index (χ1n) is 11.4. The number of amides is 2. The Labute approximate surface area is 203 Å². The Morgan fingerprint density at radius 3 is 2.63 bits per heavy atom. The number of rotatable bonds is 10. The van der Waals surface area contributed by atoms with Crippen LogP contribution in [0.1, 0.15) is 22.7 Å². The van der Waals surface area contributed by atoms with Gasteiger partial charge < -0.3 is 15.0 Å². The van der Waals surface area contributed by atoms with E-state index in [1.807, 2.05) is 55.5 Å². The predicted octanol–water partition coefficient (Wildman–Crippen LogP) is 2.67. The summed E-state index contributed by atoms with van der Waals surface area (Å²) in [5.74, 6) is -0.573. The molecule has 4 aromatic rings. The van der Waals surface area contributed by atoms with E-state index in [1.54, 1.807) is 41.2 Å². The second-order valence-electron chi connectivity index (χ2n) is 8.22. The summed E-state index contributed by atoms with van der Waals surface area (Å²) in [4.78, 5) is 32.9. The minimum atomic E-state index is -0.885. The number of carbonyl (C=O) groups is 2. The first kappa shape index (κ1) is 24.0. The summed E-state index contributed by atoms with van der Waals surface area (Å²) < 4.78 is 6.64. The Morgan fingerprint density at radius 2 is 1.89 bits per heavy atom. The van der Waals surface area contributed by atoms with Crippen molar-refractivity contribution in [3.8, 4) is 0 Å². The molecule has 0 aliphatic rings. The Morgan fingerprint density at radius 1 is 1.09 bits per heavy atom. The Balaban J connectivity index is 1.70. The van der Waals surface area contributed by atoms with Crippen LogP contribution in [0.3, 0.4) is 0 Å². The molecule has 2 aromatic heterocycles. The zero-order valence-electron chi connectivity index (χ0n) is 19.8. The Kier molecular flexibility index (Phi) is 7.79. The molecule has 180 valence electrons. The molecule has 0 saturated heterocycles. The summed E-state index contributed by atoms with van der Waals surface area (Å²) in [5, 5.41) is 11.2. The maximum absolute atomic E-state index is 13.8. The molecular weight excluding hydrogens is 444 g/mol. The van der Waals surface area contributed by atoms with Crippen LogP contribution in [0.2, 0.25) is 0 Å². The summed E-state index contributed by atoms with van der Waals surface area (Å²) in [6, 6.07) is 18.0. The van der Waals surface area contributed by atoms with Gasteiger partial charge in [0.2, 0.25) is 11.8 Å². The first-order chi connectivity index (χ1) is 17.1. The summed E-state index contributed by atoms with van der Waals surface area (Å²) in [5.41, 5.74) is 4.09. The van der Waals surface area contributed by atoms with Gasteiger partial charge in [-0.25, -0.2) is 4.68 Å². The standard InChI is InChI=1S/C26H28N6O3/c1-19-9-11-20(12-10-19)17-31(24(33)18-32-23-8-4-3-7-22(23)29-30-32)25(21-6-5-13-27-16-21)26(34)28-14-15-35-2/h3-13,16,25H,14-15,17-18H2,1-2H3,(H,28,34)/t25-/m1/s1. The molecule has 2 aromatic carbocycles. The SMILES string of the molecule is COCCNC(=O)[C@@H](c1cccnc1)N(Cc1ccc(C)cc1)C(=O)Cn1nnc2ccccc21. The van der Waals surface area contributed by atoms with Crippen molar-refractivity contribution in [1.82, 2.24) is 30.2 Å². The maximum Gasteiger partial charge on any atom is 0.247 e. The number of hydrogen-bond acceptors (Lipinski definition) is 6. The Bertz CT molecular complexity index is 1270. The zero-order valence-corrected chi connectivity index (χ0v) is 19.8. The number of para-hydroxylation sites is 1. The topological polar surface area (TPSA) is 102 Å². The zero-order chi connectivity index (χ0) is 24.6. The van der Waals surface area contributed by atoms with E-state index in [9.17, 15) is 9.59 Å². The highest BCUT2D eigenvalue weighted by Gasteiger charge is 2.32. The van der Waals surface area contributed by atoms with E-state index < -0.39 is 6.04 Å². The van der Waals surface area contributed by atoms with Crippen LogP contribution in [-0.4, -0.2) is 57.0 Å². The van der Waals surface area contributed by atoms with Crippen molar-refractivity contribution in [2.24, 2.45) is 0 Å². The Hall–Kier alpha value is -4.11. The lowest BCUT2D eigenvalue weighted by molar-refractivity contribution is -0.142. The van der Waals surface area contributed by atoms with Gasteiger partial charge >= 0.3 is 0 Å². The molecule has 0 aliphatic heterocycles. The number of aryl methyl sites for hydroxylation is 1. The van der Waals surface area contributed by atoms with Crippen LogP contribution in [0.15, 0.2) is 73.1 Å². The molecule has 0 spiro atoms. The average molecular weight is 473 g/mol. The minimum Gasteiger partial charge on any atom is -0.383 e. The fourth-order valence-corrected chi connectivity index (χ4v) is 3.85. The van der Waals surface area contributed by atoms with E-state index in [1.165, 1.54) is 0 Å². The number of methoxy groups -OCH3 is 1. The minimum absolute atomic E-state index is 0.0610. The van der Waals surface area contributed by atoms with E-state index in [0.29, 0.717) is 24.2 Å². The molecule has 4 rings (SSSR count). The van der Waals surface area contributed by atoms with E-state index >= 15 is 0 Å². The third-order valence-corrected chi connectivity index (χ3v) is 5.66. The number of benzene rings is 2. The van der Waals surface area contributed by atoms with Crippen LogP contribution in [0, 0.1) is 6.92 Å². The van der Waals surface area contributed by atoms with Crippen molar-refractivity contribution in [1.29, 1.82) is 0 Å². The molecule has 0 aliphatic carbocycles. The molecule has 35 heavy (non-hydrogen) atoms. The van der Waals surface area contributed by atoms with Gasteiger partial charge in [-0.15, -0.1) is 5.10 Å². The lowest BCUT2D eigenvalue weighted by atomic mass is 10.0. The molecular formula is C26H28N6O3. The van der Waals surface area contributed by atoms with Crippen molar-refractivity contribution in [3.63, 3.8) is 0 Å². The normalized spacial score (nSPS) is 11.8. The lowest BCUT2D eigenvalue weighted by Gasteiger charge is -2.31. The fraction of sp³-hybridized carbons (Fsp3) is 0.269. The van der Waals surface area contributed by atoms with Gasteiger partial charge in [0, 0.05) is 38.2 Å². The number of nitrogens with one attached hydrogen (secondary N) is 1. The molecule has 0 unspecified atom stereocenters. The highest BCUT2D eigenvalue weighted by atomic mass is 16.5. The van der Waals surface area contributed by atoms with Gasteiger partial charge in [0.1, 0.15) is 18.1 Å². The number of fused-ring (bicyclic) bond motifs is 1. The lowest BCUT2D eigenvalue weighted by Crippen LogP contribution is -2.45. The smallest absolute Gasteiger partial charge is 0.247 e. The molecule has 2 amide bonds. The van der Waals surface area contributed by atoms with E-state index in [2.05, 4.69) is 20.6 Å². The molecule has 1 atom stereocenters. The van der Waals surface area contributed by atoms with Gasteiger partial charge in [-0.05, 0) is 30.7 Å². The van der Waals surface area contributed by atoms with Crippen molar-refractivity contribution < 1.29 is 14.3 Å². The van der Waals surface area contributed by atoms with Crippen LogP contribution in [-0.2, 0) is 27.4 Å². The van der Waals surface area contributed by atoms with E-state index in [4.69, 9.17) is 4.74 Å². The molecule has 2 heterocycles. The predicted molar refractivity (Wildman–Crippen MR) is 131 cm³/mol. The molecule has 0 saturated carbocycles. The molecule has 0 fully saturated rings. The molecule has 0 radical (unpaired) electrons. The molecule has 1 N–H and O–H groups in total. The van der Waals surface area contributed by atoms with Gasteiger partial charge in [-0.2, -0.15) is 0 Å².